The van der Waals surface area contributed by atoms with Crippen molar-refractivity contribution in [1.82, 2.24) is 15.0 Å². The molecule has 0 atom stereocenters. The molecule has 9 aromatic carbocycles. The van der Waals surface area contributed by atoms with E-state index < -0.39 is 0 Å². The van der Waals surface area contributed by atoms with Crippen molar-refractivity contribution in [2.45, 2.75) is 0 Å². The Morgan fingerprint density at radius 1 is 0.254 bits per heavy atom. The largest absolute Gasteiger partial charge is 0.456 e. The van der Waals surface area contributed by atoms with Crippen LogP contribution in [0.1, 0.15) is 0 Å². The summed E-state index contributed by atoms with van der Waals surface area (Å²) in [7, 11) is 0. The highest BCUT2D eigenvalue weighted by molar-refractivity contribution is 6.06. The summed E-state index contributed by atoms with van der Waals surface area (Å²) in [5.41, 5.74) is 13.2. The first kappa shape index (κ1) is 34.3. The molecule has 0 amide bonds. The maximum atomic E-state index is 6.36. The highest BCUT2D eigenvalue weighted by Gasteiger charge is 2.19. The molecule has 0 spiro atoms. The van der Waals surface area contributed by atoms with Gasteiger partial charge in [-0.15, -0.1) is 0 Å². The predicted octanol–water partition coefficient (Wildman–Crippen LogP) is 14.6. The molecule has 4 nitrogen and oxygen atoms in total. The average molecular weight is 754 g/mol. The third kappa shape index (κ3) is 6.43. The van der Waals surface area contributed by atoms with Crippen molar-refractivity contribution in [3.8, 4) is 78.7 Å². The molecular weight excluding hydrogens is 719 g/mol. The summed E-state index contributed by atoms with van der Waals surface area (Å²) >= 11 is 0. The van der Waals surface area contributed by atoms with Crippen LogP contribution in [0.2, 0.25) is 0 Å². The Balaban J connectivity index is 1.13. The lowest BCUT2D eigenvalue weighted by molar-refractivity contribution is 0.669. The minimum absolute atomic E-state index is 0.568. The molecule has 0 fully saturated rings. The number of furan rings is 1. The topological polar surface area (TPSA) is 51.8 Å². The van der Waals surface area contributed by atoms with Crippen LogP contribution in [0.3, 0.4) is 0 Å². The zero-order valence-corrected chi connectivity index (χ0v) is 32.0. The first-order chi connectivity index (χ1) is 29.2. The number of hydrogen-bond donors (Lipinski definition) is 0. The van der Waals surface area contributed by atoms with E-state index >= 15 is 0 Å². The molecule has 4 heteroatoms. The molecule has 276 valence electrons. The van der Waals surface area contributed by atoms with Gasteiger partial charge in [-0.2, -0.15) is 0 Å². The summed E-state index contributed by atoms with van der Waals surface area (Å²) in [4.78, 5) is 15.9. The van der Waals surface area contributed by atoms with E-state index in [1.165, 1.54) is 21.9 Å². The SMILES string of the molecule is c1ccc(-c2ccc(-c3ccccc3)c(-c3nc(-c4cccc(-c5cc(-c6ccccc6)cc6ccccc56)c4)nc(-c4ccc5c(c4)oc4ccccc45)n3)c2)cc1. The molecule has 0 unspecified atom stereocenters. The standard InChI is InChI=1S/C55H35N3O/c1-4-15-36(16-5-1)39-27-29-46(38-19-8-3-9-20-38)50(33-39)55-57-53(56-54(58-55)43-28-30-48-47-25-12-13-26-51(47)59-52(48)35-43)42-23-14-22-41(31-42)49-34-44(37-17-6-2-7-18-37)32-40-21-10-11-24-45(40)49/h1-35H. The average Bonchev–Trinajstić information content (AvgIpc) is 3.70. The fourth-order valence-electron chi connectivity index (χ4n) is 8.20. The van der Waals surface area contributed by atoms with Crippen LogP contribution in [0.25, 0.3) is 111 Å². The van der Waals surface area contributed by atoms with Gasteiger partial charge >= 0.3 is 0 Å². The zero-order chi connectivity index (χ0) is 39.1. The highest BCUT2D eigenvalue weighted by Crippen LogP contribution is 2.39. The lowest BCUT2D eigenvalue weighted by atomic mass is 9.92. The second kappa shape index (κ2) is 14.5. The Morgan fingerprint density at radius 2 is 0.797 bits per heavy atom. The Hall–Kier alpha value is -7.95. The maximum Gasteiger partial charge on any atom is 0.164 e. The van der Waals surface area contributed by atoms with E-state index in [-0.39, 0.29) is 0 Å². The summed E-state index contributed by atoms with van der Waals surface area (Å²) in [6, 6.07) is 74.2. The summed E-state index contributed by atoms with van der Waals surface area (Å²) in [5, 5.41) is 4.51. The van der Waals surface area contributed by atoms with Gasteiger partial charge in [-0.3, -0.25) is 0 Å². The molecule has 11 rings (SSSR count). The van der Waals surface area contributed by atoms with Gasteiger partial charge in [0.05, 0.1) is 0 Å². The van der Waals surface area contributed by atoms with Gasteiger partial charge in [0.15, 0.2) is 17.5 Å². The van der Waals surface area contributed by atoms with Crippen molar-refractivity contribution in [2.24, 2.45) is 0 Å². The zero-order valence-electron chi connectivity index (χ0n) is 32.0. The summed E-state index contributed by atoms with van der Waals surface area (Å²) < 4.78 is 6.36. The molecule has 0 aliphatic carbocycles. The Bertz CT molecular complexity index is 3320. The third-order valence-electron chi connectivity index (χ3n) is 11.1. The van der Waals surface area contributed by atoms with E-state index in [4.69, 9.17) is 19.4 Å². The van der Waals surface area contributed by atoms with Crippen LogP contribution in [0.5, 0.6) is 0 Å². The van der Waals surface area contributed by atoms with Crippen LogP contribution in [0.4, 0.5) is 0 Å². The molecule has 0 aliphatic rings. The first-order valence-corrected chi connectivity index (χ1v) is 19.8. The summed E-state index contributed by atoms with van der Waals surface area (Å²) in [6.45, 7) is 0. The number of para-hydroxylation sites is 1. The number of aromatic nitrogens is 3. The van der Waals surface area contributed by atoms with Gasteiger partial charge in [-0.05, 0) is 97.7 Å². The second-order valence-electron chi connectivity index (χ2n) is 14.8. The normalized spacial score (nSPS) is 11.4. The van der Waals surface area contributed by atoms with Crippen LogP contribution < -0.4 is 0 Å². The highest BCUT2D eigenvalue weighted by atomic mass is 16.3. The van der Waals surface area contributed by atoms with Gasteiger partial charge < -0.3 is 4.42 Å². The van der Waals surface area contributed by atoms with Crippen LogP contribution >= 0.6 is 0 Å². The van der Waals surface area contributed by atoms with Gasteiger partial charge in [-0.1, -0.05) is 170 Å². The molecule has 0 aliphatic heterocycles. The van der Waals surface area contributed by atoms with Crippen molar-refractivity contribution in [1.29, 1.82) is 0 Å². The van der Waals surface area contributed by atoms with Gasteiger partial charge in [0.2, 0.25) is 0 Å². The van der Waals surface area contributed by atoms with Crippen molar-refractivity contribution in [3.05, 3.63) is 212 Å². The summed E-state index contributed by atoms with van der Waals surface area (Å²) in [6.07, 6.45) is 0. The van der Waals surface area contributed by atoms with E-state index in [2.05, 4.69) is 176 Å². The van der Waals surface area contributed by atoms with Gasteiger partial charge in [0.1, 0.15) is 11.2 Å². The van der Waals surface area contributed by atoms with Crippen molar-refractivity contribution in [3.63, 3.8) is 0 Å². The number of nitrogens with zero attached hydrogens (tertiary/aromatic N) is 3. The van der Waals surface area contributed by atoms with Gasteiger partial charge in [0, 0.05) is 27.5 Å². The van der Waals surface area contributed by atoms with E-state index in [0.717, 1.165) is 72.0 Å². The van der Waals surface area contributed by atoms with E-state index in [0.29, 0.717) is 17.5 Å². The molecular formula is C55H35N3O. The minimum Gasteiger partial charge on any atom is -0.456 e. The fourth-order valence-corrected chi connectivity index (χ4v) is 8.20. The molecule has 0 bridgehead atoms. The molecule has 59 heavy (non-hydrogen) atoms. The molecule has 0 radical (unpaired) electrons. The number of rotatable bonds is 7. The molecule has 0 saturated heterocycles. The minimum atomic E-state index is 0.568. The Kier molecular flexibility index (Phi) is 8.45. The Labute approximate surface area is 341 Å². The first-order valence-electron chi connectivity index (χ1n) is 19.8. The van der Waals surface area contributed by atoms with Crippen LogP contribution in [-0.2, 0) is 0 Å². The quantitative estimate of drug-likeness (QED) is 0.163. The van der Waals surface area contributed by atoms with Crippen molar-refractivity contribution < 1.29 is 4.42 Å². The molecule has 11 aromatic rings. The Morgan fingerprint density at radius 3 is 1.56 bits per heavy atom. The third-order valence-corrected chi connectivity index (χ3v) is 11.1. The predicted molar refractivity (Wildman–Crippen MR) is 243 cm³/mol. The van der Waals surface area contributed by atoms with Crippen molar-refractivity contribution in [2.75, 3.05) is 0 Å². The lowest BCUT2D eigenvalue weighted by Crippen LogP contribution is -2.01. The molecule has 2 aromatic heterocycles. The monoisotopic (exact) mass is 753 g/mol. The van der Waals surface area contributed by atoms with Crippen LogP contribution in [0, 0.1) is 0 Å². The molecule has 2 heterocycles. The van der Waals surface area contributed by atoms with Crippen LogP contribution in [-0.4, -0.2) is 15.0 Å². The molecule has 0 saturated carbocycles. The van der Waals surface area contributed by atoms with E-state index in [1.54, 1.807) is 0 Å². The number of benzene rings is 9. The van der Waals surface area contributed by atoms with Gasteiger partial charge in [-0.25, -0.2) is 15.0 Å². The van der Waals surface area contributed by atoms with Crippen LogP contribution in [0.15, 0.2) is 217 Å². The lowest BCUT2D eigenvalue weighted by Gasteiger charge is -2.15. The fraction of sp³-hybridized carbons (Fsp3) is 0. The number of fused-ring (bicyclic) bond motifs is 4. The van der Waals surface area contributed by atoms with Crippen molar-refractivity contribution >= 4 is 32.7 Å². The van der Waals surface area contributed by atoms with Gasteiger partial charge in [0.25, 0.3) is 0 Å². The molecule has 0 N–H and O–H groups in total. The smallest absolute Gasteiger partial charge is 0.164 e. The summed E-state index contributed by atoms with van der Waals surface area (Å²) in [5.74, 6) is 1.75. The number of hydrogen-bond acceptors (Lipinski definition) is 4. The maximum absolute atomic E-state index is 6.36. The van der Waals surface area contributed by atoms with E-state index in [1.807, 2.05) is 36.4 Å². The van der Waals surface area contributed by atoms with E-state index in [9.17, 15) is 0 Å². The second-order valence-corrected chi connectivity index (χ2v) is 14.8.